The van der Waals surface area contributed by atoms with Gasteiger partial charge in [0, 0.05) is 44.4 Å². The number of likely N-dealkylation sites (N-methyl/N-ethyl adjacent to an activating group) is 1. The highest BCUT2D eigenvalue weighted by molar-refractivity contribution is 5.00. The minimum atomic E-state index is 0.163. The minimum Gasteiger partial charge on any atom is -0.380 e. The van der Waals surface area contributed by atoms with Crippen molar-refractivity contribution in [1.82, 2.24) is 9.80 Å². The molecule has 0 aromatic rings. The maximum Gasteiger partial charge on any atom is 0.0593 e. The number of likely N-dealkylation sites (tertiary alicyclic amines) is 1. The van der Waals surface area contributed by atoms with E-state index in [1.807, 2.05) is 6.92 Å². The third-order valence-corrected chi connectivity index (χ3v) is 4.23. The summed E-state index contributed by atoms with van der Waals surface area (Å²) in [6.07, 6.45) is 1.18. The lowest BCUT2D eigenvalue weighted by atomic mass is 9.96. The molecule has 0 aromatic heterocycles. The van der Waals surface area contributed by atoms with E-state index in [9.17, 15) is 0 Å². The molecule has 18 heavy (non-hydrogen) atoms. The Morgan fingerprint density at radius 3 is 2.56 bits per heavy atom. The van der Waals surface area contributed by atoms with Gasteiger partial charge in [0.05, 0.1) is 6.61 Å². The standard InChI is InChI=1S/C14H31N3O/c1-5-17(9-10-18-6-2)14(11-15)7-8-16(12-14)13(3)4/h13H,5-12,15H2,1-4H3. The van der Waals surface area contributed by atoms with Crippen LogP contribution in [0.15, 0.2) is 0 Å². The fraction of sp³-hybridized carbons (Fsp3) is 1.00. The highest BCUT2D eigenvalue weighted by Gasteiger charge is 2.41. The second-order valence-electron chi connectivity index (χ2n) is 5.52. The van der Waals surface area contributed by atoms with Crippen molar-refractivity contribution in [1.29, 1.82) is 0 Å². The molecular formula is C14H31N3O. The highest BCUT2D eigenvalue weighted by Crippen LogP contribution is 2.28. The molecule has 1 fully saturated rings. The molecule has 108 valence electrons. The van der Waals surface area contributed by atoms with Crippen LogP contribution in [-0.4, -0.2) is 67.3 Å². The normalized spacial score (nSPS) is 25.5. The largest absolute Gasteiger partial charge is 0.380 e. The van der Waals surface area contributed by atoms with E-state index < -0.39 is 0 Å². The highest BCUT2D eigenvalue weighted by atomic mass is 16.5. The van der Waals surface area contributed by atoms with Crippen molar-refractivity contribution in [3.8, 4) is 0 Å². The van der Waals surface area contributed by atoms with Crippen LogP contribution in [0, 0.1) is 0 Å². The molecule has 0 bridgehead atoms. The van der Waals surface area contributed by atoms with Gasteiger partial charge in [0.25, 0.3) is 0 Å². The van der Waals surface area contributed by atoms with Gasteiger partial charge >= 0.3 is 0 Å². The first-order chi connectivity index (χ1) is 8.59. The van der Waals surface area contributed by atoms with Crippen LogP contribution in [0.1, 0.15) is 34.1 Å². The van der Waals surface area contributed by atoms with E-state index in [0.717, 1.165) is 39.4 Å². The maximum atomic E-state index is 6.10. The molecule has 0 saturated carbocycles. The lowest BCUT2D eigenvalue weighted by Crippen LogP contribution is -2.56. The summed E-state index contributed by atoms with van der Waals surface area (Å²) in [5.41, 5.74) is 6.27. The lowest BCUT2D eigenvalue weighted by Gasteiger charge is -2.40. The Morgan fingerprint density at radius 2 is 2.11 bits per heavy atom. The second-order valence-corrected chi connectivity index (χ2v) is 5.52. The summed E-state index contributed by atoms with van der Waals surface area (Å²) >= 11 is 0. The van der Waals surface area contributed by atoms with Gasteiger partial charge in [-0.25, -0.2) is 0 Å². The van der Waals surface area contributed by atoms with Crippen LogP contribution in [0.5, 0.6) is 0 Å². The van der Waals surface area contributed by atoms with Gasteiger partial charge in [0.2, 0.25) is 0 Å². The lowest BCUT2D eigenvalue weighted by molar-refractivity contribution is 0.0536. The second kappa shape index (κ2) is 7.43. The Balaban J connectivity index is 2.61. The molecule has 1 aliphatic rings. The molecule has 1 heterocycles. The first-order valence-electron chi connectivity index (χ1n) is 7.36. The molecule has 1 atom stereocenters. The number of nitrogens with zero attached hydrogens (tertiary/aromatic N) is 2. The SMILES string of the molecule is CCOCCN(CC)C1(CN)CCN(C(C)C)C1. The summed E-state index contributed by atoms with van der Waals surface area (Å²) in [6.45, 7) is 15.5. The molecule has 2 N–H and O–H groups in total. The predicted molar refractivity (Wildman–Crippen MR) is 76.9 cm³/mol. The molecular weight excluding hydrogens is 226 g/mol. The zero-order chi connectivity index (χ0) is 13.6. The average molecular weight is 257 g/mol. The predicted octanol–water partition coefficient (Wildman–Crippen LogP) is 1.16. The number of hydrogen-bond donors (Lipinski definition) is 1. The topological polar surface area (TPSA) is 41.7 Å². The molecule has 0 aromatic carbocycles. The van der Waals surface area contributed by atoms with E-state index in [0.29, 0.717) is 6.04 Å². The number of rotatable bonds is 8. The molecule has 4 heteroatoms. The Bertz CT molecular complexity index is 235. The molecule has 0 spiro atoms. The summed E-state index contributed by atoms with van der Waals surface area (Å²) in [5.74, 6) is 0. The molecule has 1 aliphatic heterocycles. The summed E-state index contributed by atoms with van der Waals surface area (Å²) in [7, 11) is 0. The van der Waals surface area contributed by atoms with E-state index in [1.165, 1.54) is 13.0 Å². The Kier molecular flexibility index (Phi) is 6.57. The molecule has 0 aliphatic carbocycles. The first-order valence-corrected chi connectivity index (χ1v) is 7.36. The zero-order valence-corrected chi connectivity index (χ0v) is 12.6. The third-order valence-electron chi connectivity index (χ3n) is 4.23. The molecule has 1 rings (SSSR count). The third kappa shape index (κ3) is 3.67. The summed E-state index contributed by atoms with van der Waals surface area (Å²) in [6, 6.07) is 0.615. The van der Waals surface area contributed by atoms with Crippen molar-refractivity contribution in [3.63, 3.8) is 0 Å². The summed E-state index contributed by atoms with van der Waals surface area (Å²) < 4.78 is 5.49. The van der Waals surface area contributed by atoms with Gasteiger partial charge in [-0.2, -0.15) is 0 Å². The van der Waals surface area contributed by atoms with E-state index in [1.54, 1.807) is 0 Å². The van der Waals surface area contributed by atoms with Crippen LogP contribution in [0.25, 0.3) is 0 Å². The van der Waals surface area contributed by atoms with Crippen LogP contribution in [0.3, 0.4) is 0 Å². The first kappa shape index (κ1) is 15.9. The van der Waals surface area contributed by atoms with Crippen molar-refractivity contribution in [2.45, 2.75) is 45.7 Å². The number of ether oxygens (including phenoxy) is 1. The quantitative estimate of drug-likeness (QED) is 0.663. The van der Waals surface area contributed by atoms with Crippen molar-refractivity contribution in [3.05, 3.63) is 0 Å². The van der Waals surface area contributed by atoms with Crippen LogP contribution >= 0.6 is 0 Å². The molecule has 4 nitrogen and oxygen atoms in total. The van der Waals surface area contributed by atoms with Crippen LogP contribution in [0.2, 0.25) is 0 Å². The van der Waals surface area contributed by atoms with Gasteiger partial charge in [-0.3, -0.25) is 9.80 Å². The van der Waals surface area contributed by atoms with E-state index in [2.05, 4.69) is 30.6 Å². The van der Waals surface area contributed by atoms with Crippen molar-refractivity contribution in [2.75, 3.05) is 45.9 Å². The average Bonchev–Trinajstić information content (AvgIpc) is 2.80. The van der Waals surface area contributed by atoms with E-state index in [-0.39, 0.29) is 5.54 Å². The summed E-state index contributed by atoms with van der Waals surface area (Å²) in [5, 5.41) is 0. The number of nitrogens with two attached hydrogens (primary N) is 1. The van der Waals surface area contributed by atoms with Gasteiger partial charge in [0.15, 0.2) is 0 Å². The Labute approximate surface area is 112 Å². The van der Waals surface area contributed by atoms with Gasteiger partial charge in [-0.1, -0.05) is 6.92 Å². The Morgan fingerprint density at radius 1 is 1.39 bits per heavy atom. The fourth-order valence-electron chi connectivity index (χ4n) is 2.93. The minimum absolute atomic E-state index is 0.163. The van der Waals surface area contributed by atoms with Crippen molar-refractivity contribution >= 4 is 0 Å². The van der Waals surface area contributed by atoms with Crippen LogP contribution in [0.4, 0.5) is 0 Å². The Hall–Kier alpha value is -0.160. The molecule has 1 unspecified atom stereocenters. The zero-order valence-electron chi connectivity index (χ0n) is 12.6. The van der Waals surface area contributed by atoms with Crippen molar-refractivity contribution in [2.24, 2.45) is 5.73 Å². The molecule has 0 amide bonds. The molecule has 1 saturated heterocycles. The summed E-state index contributed by atoms with van der Waals surface area (Å²) in [4.78, 5) is 5.06. The van der Waals surface area contributed by atoms with E-state index in [4.69, 9.17) is 10.5 Å². The smallest absolute Gasteiger partial charge is 0.0593 e. The van der Waals surface area contributed by atoms with Gasteiger partial charge in [0.1, 0.15) is 0 Å². The van der Waals surface area contributed by atoms with Crippen molar-refractivity contribution < 1.29 is 4.74 Å². The van der Waals surface area contributed by atoms with Gasteiger partial charge < -0.3 is 10.5 Å². The van der Waals surface area contributed by atoms with Crippen LogP contribution in [-0.2, 0) is 4.74 Å². The maximum absolute atomic E-state index is 6.10. The van der Waals surface area contributed by atoms with Gasteiger partial charge in [-0.05, 0) is 33.7 Å². The fourth-order valence-corrected chi connectivity index (χ4v) is 2.93. The van der Waals surface area contributed by atoms with E-state index >= 15 is 0 Å². The number of hydrogen-bond acceptors (Lipinski definition) is 4. The van der Waals surface area contributed by atoms with Gasteiger partial charge in [-0.15, -0.1) is 0 Å². The monoisotopic (exact) mass is 257 g/mol. The molecule has 0 radical (unpaired) electrons. The van der Waals surface area contributed by atoms with Crippen LogP contribution < -0.4 is 5.73 Å².